The molecule has 0 aromatic rings. The third-order valence-corrected chi connectivity index (χ3v) is 3.84. The Hall–Kier alpha value is -1.62. The zero-order chi connectivity index (χ0) is 32.7. The van der Waals surface area contributed by atoms with Crippen molar-refractivity contribution < 1.29 is 106 Å². The first-order valence-corrected chi connectivity index (χ1v) is 9.51. The zero-order valence-corrected chi connectivity index (χ0v) is 18.4. The minimum absolute atomic E-state index is 0.717. The second-order valence-electron chi connectivity index (χ2n) is 7.13. The Morgan fingerprint density at radius 1 is 0.400 bits per heavy atom. The molecule has 0 spiro atoms. The molecule has 2 nitrogen and oxygen atoms in total. The second-order valence-corrected chi connectivity index (χ2v) is 7.13. The summed E-state index contributed by atoms with van der Waals surface area (Å²) >= 11 is 0. The van der Waals surface area contributed by atoms with Gasteiger partial charge in [-0.1, -0.05) is 0 Å². The number of halogens is 22. The first kappa shape index (κ1) is 40.5. The number of ether oxygens (including phenoxy) is 2. The fourth-order valence-electron chi connectivity index (χ4n) is 1.76. The average Bonchev–Trinajstić information content (AvgIpc) is 2.75. The largest absolute Gasteiger partial charge is 0.425 e. The van der Waals surface area contributed by atoms with Crippen molar-refractivity contribution in [1.29, 1.82) is 0 Å². The molecule has 0 aromatic heterocycles. The molecular formula is C16H14F22O2. The van der Waals surface area contributed by atoms with Gasteiger partial charge in [0.25, 0.3) is 25.1 Å². The van der Waals surface area contributed by atoms with Gasteiger partial charge in [-0.2, -0.15) is 70.2 Å². The van der Waals surface area contributed by atoms with Crippen LogP contribution in [0, 0.1) is 0 Å². The van der Waals surface area contributed by atoms with Crippen LogP contribution in [0.4, 0.5) is 96.6 Å². The summed E-state index contributed by atoms with van der Waals surface area (Å²) in [6.45, 7) is -1.43. The van der Waals surface area contributed by atoms with E-state index in [0.717, 1.165) is 0 Å². The minimum Gasteiger partial charge on any atom is -0.381 e. The summed E-state index contributed by atoms with van der Waals surface area (Å²) in [6.07, 6.45) is -52.0. The highest BCUT2D eigenvalue weighted by Crippen LogP contribution is 2.42. The SMILES string of the molecule is FC(CCOCCC(F)C(F)(F)F)C(F)(F)F.FC(OC(F)C(F)(F)C(F)C(F)(F)F)C(F)(F)C(F)C(F)(F)F. The molecule has 0 saturated heterocycles. The van der Waals surface area contributed by atoms with Crippen LogP contribution < -0.4 is 0 Å². The van der Waals surface area contributed by atoms with Crippen LogP contribution in [0.3, 0.4) is 0 Å². The fraction of sp³-hybridized carbons (Fsp3) is 1.00. The van der Waals surface area contributed by atoms with Gasteiger partial charge in [-0.25, -0.2) is 26.3 Å². The quantitative estimate of drug-likeness (QED) is 0.156. The van der Waals surface area contributed by atoms with Crippen molar-refractivity contribution in [2.75, 3.05) is 13.2 Å². The Kier molecular flexibility index (Phi) is 14.7. The van der Waals surface area contributed by atoms with Crippen molar-refractivity contribution in [2.24, 2.45) is 0 Å². The van der Waals surface area contributed by atoms with E-state index in [1.165, 1.54) is 0 Å². The highest BCUT2D eigenvalue weighted by Gasteiger charge is 2.66. The minimum atomic E-state index is -6.43. The van der Waals surface area contributed by atoms with E-state index in [1.807, 2.05) is 0 Å². The Balaban J connectivity index is 0. The van der Waals surface area contributed by atoms with Crippen molar-refractivity contribution in [3.8, 4) is 0 Å². The lowest BCUT2D eigenvalue weighted by atomic mass is 10.2. The predicted molar refractivity (Wildman–Crippen MR) is 84.6 cm³/mol. The van der Waals surface area contributed by atoms with Crippen LogP contribution >= 0.6 is 0 Å². The van der Waals surface area contributed by atoms with Crippen molar-refractivity contribution >= 4 is 0 Å². The summed E-state index contributed by atoms with van der Waals surface area (Å²) < 4.78 is 271. The lowest BCUT2D eigenvalue weighted by molar-refractivity contribution is -0.348. The summed E-state index contributed by atoms with van der Waals surface area (Å²) in [5, 5.41) is 0. The highest BCUT2D eigenvalue weighted by molar-refractivity contribution is 4.89. The molecule has 0 aromatic carbocycles. The van der Waals surface area contributed by atoms with Gasteiger partial charge in [-0.3, -0.25) is 0 Å². The maximum atomic E-state index is 12.6. The van der Waals surface area contributed by atoms with Crippen LogP contribution in [0.15, 0.2) is 0 Å². The number of alkyl halides is 22. The summed E-state index contributed by atoms with van der Waals surface area (Å²) in [5.41, 5.74) is 0. The molecule has 40 heavy (non-hydrogen) atoms. The molecule has 0 saturated carbocycles. The van der Waals surface area contributed by atoms with Gasteiger partial charge in [0.15, 0.2) is 12.3 Å². The van der Waals surface area contributed by atoms with Crippen LogP contribution in [0.25, 0.3) is 0 Å². The Labute approximate surface area is 207 Å². The van der Waals surface area contributed by atoms with Gasteiger partial charge < -0.3 is 9.47 Å². The third kappa shape index (κ3) is 13.4. The molecule has 24 heteroatoms. The Morgan fingerprint density at radius 3 is 0.850 bits per heavy atom. The van der Waals surface area contributed by atoms with Crippen LogP contribution in [-0.4, -0.2) is 87.2 Å². The van der Waals surface area contributed by atoms with Crippen LogP contribution in [0.1, 0.15) is 12.8 Å². The normalized spacial score (nSPS) is 18.8. The Morgan fingerprint density at radius 2 is 0.650 bits per heavy atom. The topological polar surface area (TPSA) is 18.5 Å². The molecule has 0 amide bonds. The molecule has 0 fully saturated rings. The van der Waals surface area contributed by atoms with Gasteiger partial charge in [0.1, 0.15) is 0 Å². The maximum Gasteiger partial charge on any atom is 0.425 e. The number of hydrogen-bond acceptors (Lipinski definition) is 2. The molecule has 0 radical (unpaired) electrons. The molecular weight excluding hydrogens is 642 g/mol. The number of rotatable bonds is 12. The van der Waals surface area contributed by atoms with Crippen LogP contribution in [-0.2, 0) is 9.47 Å². The van der Waals surface area contributed by atoms with E-state index in [9.17, 15) is 96.6 Å². The molecule has 0 rings (SSSR count). The third-order valence-electron chi connectivity index (χ3n) is 3.84. The van der Waals surface area contributed by atoms with Gasteiger partial charge >= 0.3 is 36.6 Å². The molecule has 0 aliphatic carbocycles. The summed E-state index contributed by atoms with van der Waals surface area (Å²) in [7, 11) is 0. The van der Waals surface area contributed by atoms with E-state index in [-0.39, 0.29) is 0 Å². The fourth-order valence-corrected chi connectivity index (χ4v) is 1.76. The molecule has 6 unspecified atom stereocenters. The monoisotopic (exact) mass is 656 g/mol. The lowest BCUT2D eigenvalue weighted by Gasteiger charge is -2.29. The van der Waals surface area contributed by atoms with Gasteiger partial charge in [-0.15, -0.1) is 0 Å². The molecule has 0 aliphatic rings. The van der Waals surface area contributed by atoms with Crippen molar-refractivity contribution in [1.82, 2.24) is 0 Å². The second kappa shape index (κ2) is 14.5. The van der Waals surface area contributed by atoms with Crippen molar-refractivity contribution in [3.63, 3.8) is 0 Å². The summed E-state index contributed by atoms with van der Waals surface area (Å²) in [5.74, 6) is -12.6. The molecule has 0 heterocycles. The standard InChI is InChI=1S/C8H4F14O.C8H10F8O/c9-1(7(17,18)19)5(13,14)3(11)23-4(12)6(15,16)2(10)8(20,21)22;9-5(7(11,12)13)1-3-17-4-2-6(10)8(14,15)16/h1-4H;5-6H,1-4H2. The average molecular weight is 656 g/mol. The summed E-state index contributed by atoms with van der Waals surface area (Å²) in [6, 6.07) is 0. The van der Waals surface area contributed by atoms with E-state index in [2.05, 4.69) is 9.47 Å². The molecule has 0 bridgehead atoms. The van der Waals surface area contributed by atoms with Gasteiger partial charge in [0.05, 0.1) is 0 Å². The zero-order valence-electron chi connectivity index (χ0n) is 18.4. The predicted octanol–water partition coefficient (Wildman–Crippen LogP) is 8.25. The molecule has 0 N–H and O–H groups in total. The van der Waals surface area contributed by atoms with Crippen molar-refractivity contribution in [2.45, 2.75) is 86.8 Å². The van der Waals surface area contributed by atoms with E-state index in [0.29, 0.717) is 0 Å². The molecule has 6 atom stereocenters. The summed E-state index contributed by atoms with van der Waals surface area (Å²) in [4.78, 5) is 0. The number of hydrogen-bond donors (Lipinski definition) is 0. The van der Waals surface area contributed by atoms with Gasteiger partial charge in [-0.05, 0) is 0 Å². The first-order valence-electron chi connectivity index (χ1n) is 9.51. The van der Waals surface area contributed by atoms with Crippen LogP contribution in [0.5, 0.6) is 0 Å². The first-order chi connectivity index (χ1) is 17.4. The van der Waals surface area contributed by atoms with E-state index >= 15 is 0 Å². The lowest BCUT2D eigenvalue weighted by Crippen LogP contribution is -2.54. The Bertz CT molecular complexity index is 654. The van der Waals surface area contributed by atoms with Gasteiger partial charge in [0.2, 0.25) is 0 Å². The van der Waals surface area contributed by atoms with E-state index in [4.69, 9.17) is 0 Å². The molecule has 244 valence electrons. The highest BCUT2D eigenvalue weighted by atomic mass is 19.4. The smallest absolute Gasteiger partial charge is 0.381 e. The molecule has 0 aliphatic heterocycles. The maximum absolute atomic E-state index is 12.6. The van der Waals surface area contributed by atoms with Crippen molar-refractivity contribution in [3.05, 3.63) is 0 Å². The van der Waals surface area contributed by atoms with Crippen LogP contribution in [0.2, 0.25) is 0 Å². The van der Waals surface area contributed by atoms with E-state index < -0.39 is 100 Å². The van der Waals surface area contributed by atoms with E-state index in [1.54, 1.807) is 0 Å². The van der Waals surface area contributed by atoms with Gasteiger partial charge in [0, 0.05) is 26.1 Å².